The number of hydrogen-bond donors (Lipinski definition) is 1. The Hall–Kier alpha value is -1.91. The summed E-state index contributed by atoms with van der Waals surface area (Å²) in [6.45, 7) is 3.92. The van der Waals surface area contributed by atoms with Crippen LogP contribution in [-0.2, 0) is 0 Å². The van der Waals surface area contributed by atoms with Crippen molar-refractivity contribution < 1.29 is 0 Å². The minimum Gasteiger partial charge on any atom is -0.278 e. The van der Waals surface area contributed by atoms with Crippen LogP contribution in [0.4, 0.5) is 5.69 Å². The van der Waals surface area contributed by atoms with E-state index in [1.165, 1.54) is 4.70 Å². The second-order valence-corrected chi connectivity index (χ2v) is 6.20. The van der Waals surface area contributed by atoms with Crippen LogP contribution < -0.4 is 5.43 Å². The zero-order chi connectivity index (χ0) is 14.8. The molecule has 0 aliphatic rings. The number of halogens is 1. The molecule has 0 saturated carbocycles. The third kappa shape index (κ3) is 3.06. The van der Waals surface area contributed by atoms with E-state index in [0.29, 0.717) is 0 Å². The average Bonchev–Trinajstić information content (AvgIpc) is 2.92. The fourth-order valence-electron chi connectivity index (χ4n) is 1.89. The maximum Gasteiger partial charge on any atom is 0.140 e. The van der Waals surface area contributed by atoms with Crippen molar-refractivity contribution in [3.8, 4) is 0 Å². The lowest BCUT2D eigenvalue weighted by atomic mass is 10.2. The largest absolute Gasteiger partial charge is 0.278 e. The molecular weight excluding hydrogens is 302 g/mol. The number of rotatable bonds is 3. The van der Waals surface area contributed by atoms with Crippen molar-refractivity contribution in [1.29, 1.82) is 0 Å². The molecule has 0 atom stereocenters. The number of thiazole rings is 1. The molecule has 0 bridgehead atoms. The molecule has 0 aliphatic carbocycles. The van der Waals surface area contributed by atoms with Crippen molar-refractivity contribution >= 4 is 44.6 Å². The minimum atomic E-state index is 0.729. The zero-order valence-electron chi connectivity index (χ0n) is 11.7. The number of aromatic nitrogens is 1. The fraction of sp³-hybridized carbons (Fsp3) is 0.125. The third-order valence-electron chi connectivity index (χ3n) is 3.13. The Balaban J connectivity index is 1.83. The summed E-state index contributed by atoms with van der Waals surface area (Å²) in [6.07, 6.45) is 0. The molecule has 0 fully saturated rings. The van der Waals surface area contributed by atoms with Crippen LogP contribution in [0.1, 0.15) is 17.5 Å². The Bertz CT molecular complexity index is 790. The Morgan fingerprint density at radius 3 is 2.81 bits per heavy atom. The highest BCUT2D eigenvalue weighted by atomic mass is 35.5. The summed E-state index contributed by atoms with van der Waals surface area (Å²) in [7, 11) is 0. The Morgan fingerprint density at radius 2 is 2.05 bits per heavy atom. The molecule has 3 rings (SSSR count). The number of nitrogens with one attached hydrogen (secondary N) is 1. The minimum absolute atomic E-state index is 0.729. The van der Waals surface area contributed by atoms with Crippen LogP contribution in [0.2, 0.25) is 5.02 Å². The van der Waals surface area contributed by atoms with Gasteiger partial charge in [0.2, 0.25) is 0 Å². The molecule has 0 amide bonds. The summed E-state index contributed by atoms with van der Waals surface area (Å²) < 4.78 is 1.17. The number of benzene rings is 2. The number of hydrazone groups is 1. The number of para-hydroxylation sites is 1. The number of anilines is 1. The summed E-state index contributed by atoms with van der Waals surface area (Å²) in [5.41, 5.74) is 6.80. The van der Waals surface area contributed by atoms with Gasteiger partial charge in [-0.15, -0.1) is 11.3 Å². The second kappa shape index (κ2) is 5.84. The average molecular weight is 316 g/mol. The molecule has 1 N–H and O–H groups in total. The van der Waals surface area contributed by atoms with Crippen LogP contribution in [0.3, 0.4) is 0 Å². The first-order valence-corrected chi connectivity index (χ1v) is 7.75. The van der Waals surface area contributed by atoms with Gasteiger partial charge in [-0.25, -0.2) is 4.98 Å². The van der Waals surface area contributed by atoms with E-state index in [4.69, 9.17) is 11.6 Å². The van der Waals surface area contributed by atoms with E-state index in [-0.39, 0.29) is 0 Å². The Kier molecular flexibility index (Phi) is 3.90. The highest BCUT2D eigenvalue weighted by Crippen LogP contribution is 2.23. The van der Waals surface area contributed by atoms with E-state index < -0.39 is 0 Å². The van der Waals surface area contributed by atoms with Gasteiger partial charge in [-0.05, 0) is 43.7 Å². The van der Waals surface area contributed by atoms with Crippen molar-refractivity contribution in [2.75, 3.05) is 5.43 Å². The Labute approximate surface area is 132 Å². The molecule has 0 spiro atoms. The lowest BCUT2D eigenvalue weighted by Crippen LogP contribution is -1.99. The molecule has 0 aliphatic heterocycles. The lowest BCUT2D eigenvalue weighted by molar-refractivity contribution is 1.30. The molecule has 1 heterocycles. The normalized spacial score (nSPS) is 11.9. The van der Waals surface area contributed by atoms with E-state index in [1.54, 1.807) is 11.3 Å². The van der Waals surface area contributed by atoms with E-state index in [9.17, 15) is 0 Å². The van der Waals surface area contributed by atoms with Gasteiger partial charge in [-0.3, -0.25) is 5.43 Å². The quantitative estimate of drug-likeness (QED) is 0.539. The molecule has 0 unspecified atom stereocenters. The second-order valence-electron chi connectivity index (χ2n) is 4.76. The number of aryl methyl sites for hydroxylation is 1. The summed E-state index contributed by atoms with van der Waals surface area (Å²) in [5.74, 6) is 0. The molecule has 0 radical (unpaired) electrons. The highest BCUT2D eigenvalue weighted by Gasteiger charge is 2.06. The van der Waals surface area contributed by atoms with Gasteiger partial charge in [-0.1, -0.05) is 29.8 Å². The fourth-order valence-corrected chi connectivity index (χ4v) is 2.98. The van der Waals surface area contributed by atoms with Crippen LogP contribution in [0.25, 0.3) is 10.2 Å². The van der Waals surface area contributed by atoms with Gasteiger partial charge in [0.1, 0.15) is 5.01 Å². The van der Waals surface area contributed by atoms with Gasteiger partial charge in [0, 0.05) is 5.02 Å². The van der Waals surface area contributed by atoms with E-state index in [1.807, 2.05) is 50.2 Å². The standard InChI is InChI=1S/C16H14ClN3S/c1-10-7-8-12(9-13(10)17)20-19-11(2)16-18-14-5-3-4-6-15(14)21-16/h3-9,20H,1-2H3/b19-11-. The third-order valence-corrected chi connectivity index (χ3v) is 4.68. The lowest BCUT2D eigenvalue weighted by Gasteiger charge is -2.04. The van der Waals surface area contributed by atoms with Gasteiger partial charge < -0.3 is 0 Å². The molecule has 21 heavy (non-hydrogen) atoms. The maximum atomic E-state index is 6.10. The smallest absolute Gasteiger partial charge is 0.140 e. The maximum absolute atomic E-state index is 6.10. The molecule has 3 nitrogen and oxygen atoms in total. The monoisotopic (exact) mass is 315 g/mol. The predicted molar refractivity (Wildman–Crippen MR) is 91.6 cm³/mol. The topological polar surface area (TPSA) is 37.3 Å². The van der Waals surface area contributed by atoms with Gasteiger partial charge in [0.25, 0.3) is 0 Å². The van der Waals surface area contributed by atoms with Crippen LogP contribution in [0, 0.1) is 6.92 Å². The van der Waals surface area contributed by atoms with Gasteiger partial charge in [0.05, 0.1) is 21.6 Å². The molecule has 3 aromatic rings. The van der Waals surface area contributed by atoms with E-state index >= 15 is 0 Å². The van der Waals surface area contributed by atoms with Crippen molar-refractivity contribution in [3.05, 3.63) is 58.1 Å². The molecule has 5 heteroatoms. The van der Waals surface area contributed by atoms with Gasteiger partial charge in [-0.2, -0.15) is 5.10 Å². The Morgan fingerprint density at radius 1 is 1.24 bits per heavy atom. The molecule has 0 saturated heterocycles. The zero-order valence-corrected chi connectivity index (χ0v) is 13.3. The predicted octanol–water partition coefficient (Wildman–Crippen LogP) is 5.09. The molecule has 1 aromatic heterocycles. The number of nitrogens with zero attached hydrogens (tertiary/aromatic N) is 2. The first-order valence-electron chi connectivity index (χ1n) is 6.56. The van der Waals surface area contributed by atoms with Gasteiger partial charge >= 0.3 is 0 Å². The highest BCUT2D eigenvalue weighted by molar-refractivity contribution is 7.20. The number of fused-ring (bicyclic) bond motifs is 1. The van der Waals surface area contributed by atoms with Crippen molar-refractivity contribution in [2.45, 2.75) is 13.8 Å². The first kappa shape index (κ1) is 14.0. The first-order chi connectivity index (χ1) is 10.1. The van der Waals surface area contributed by atoms with E-state index in [2.05, 4.69) is 21.6 Å². The van der Waals surface area contributed by atoms with Crippen LogP contribution in [-0.4, -0.2) is 10.7 Å². The number of hydrogen-bond acceptors (Lipinski definition) is 4. The van der Waals surface area contributed by atoms with Crippen LogP contribution in [0.15, 0.2) is 47.6 Å². The summed E-state index contributed by atoms with van der Waals surface area (Å²) in [5, 5.41) is 6.03. The van der Waals surface area contributed by atoms with Crippen LogP contribution in [0.5, 0.6) is 0 Å². The summed E-state index contributed by atoms with van der Waals surface area (Å²) in [4.78, 5) is 4.58. The van der Waals surface area contributed by atoms with E-state index in [0.717, 1.165) is 32.5 Å². The van der Waals surface area contributed by atoms with Crippen molar-refractivity contribution in [2.24, 2.45) is 5.10 Å². The van der Waals surface area contributed by atoms with Crippen molar-refractivity contribution in [1.82, 2.24) is 4.98 Å². The molecule has 2 aromatic carbocycles. The van der Waals surface area contributed by atoms with Crippen molar-refractivity contribution in [3.63, 3.8) is 0 Å². The summed E-state index contributed by atoms with van der Waals surface area (Å²) in [6, 6.07) is 13.9. The van der Waals surface area contributed by atoms with Crippen LogP contribution >= 0.6 is 22.9 Å². The molecular formula is C16H14ClN3S. The summed E-state index contributed by atoms with van der Waals surface area (Å²) >= 11 is 7.74. The SMILES string of the molecule is C/C(=N/Nc1ccc(C)c(Cl)c1)c1nc2ccccc2s1. The molecule has 106 valence electrons. The van der Waals surface area contributed by atoms with Gasteiger partial charge in [0.15, 0.2) is 0 Å².